The summed E-state index contributed by atoms with van der Waals surface area (Å²) >= 11 is 0. The van der Waals surface area contributed by atoms with Gasteiger partial charge in [-0.3, -0.25) is 9.59 Å². The van der Waals surface area contributed by atoms with Gasteiger partial charge in [0.2, 0.25) is 5.91 Å². The summed E-state index contributed by atoms with van der Waals surface area (Å²) in [6.07, 6.45) is 4.85. The Labute approximate surface area is 168 Å². The molecular formula is C22H24N2O5. The van der Waals surface area contributed by atoms with Crippen molar-refractivity contribution >= 4 is 11.8 Å². The first-order chi connectivity index (χ1) is 14.1. The van der Waals surface area contributed by atoms with Crippen molar-refractivity contribution in [2.24, 2.45) is 17.8 Å². The molecule has 4 atom stereocenters. The monoisotopic (exact) mass is 396 g/mol. The number of hydrogen-bond donors (Lipinski definition) is 2. The molecule has 0 radical (unpaired) electrons. The minimum atomic E-state index is -0.739. The van der Waals surface area contributed by atoms with Crippen LogP contribution in [0.1, 0.15) is 41.8 Å². The molecule has 3 aliphatic carbocycles. The van der Waals surface area contributed by atoms with Crippen LogP contribution in [0.4, 0.5) is 0 Å². The molecule has 4 aliphatic rings. The summed E-state index contributed by atoms with van der Waals surface area (Å²) in [6.45, 7) is 0.394. The van der Waals surface area contributed by atoms with E-state index in [1.807, 2.05) is 12.1 Å². The van der Waals surface area contributed by atoms with Gasteiger partial charge in [0, 0.05) is 24.3 Å². The van der Waals surface area contributed by atoms with E-state index in [2.05, 4.69) is 10.6 Å². The lowest BCUT2D eigenvalue weighted by Crippen LogP contribution is -2.66. The van der Waals surface area contributed by atoms with E-state index in [4.69, 9.17) is 13.9 Å². The highest BCUT2D eigenvalue weighted by Gasteiger charge is 2.57. The van der Waals surface area contributed by atoms with Crippen molar-refractivity contribution in [3.8, 4) is 11.5 Å². The van der Waals surface area contributed by atoms with Crippen LogP contribution in [0.15, 0.2) is 41.0 Å². The maximum absolute atomic E-state index is 12.8. The molecule has 6 rings (SSSR count). The Balaban J connectivity index is 1.33. The van der Waals surface area contributed by atoms with Gasteiger partial charge in [-0.2, -0.15) is 0 Å². The molecule has 152 valence electrons. The number of carbonyl (C=O) groups is 2. The SMILES string of the molecule is COc1ccc2c(c1)O[C@@]1(C[C@@H]3CC[C@@H]1C[C@@H]3C(=O)NCc1ccco1)NC2=O. The highest BCUT2D eigenvalue weighted by molar-refractivity contribution is 5.98. The highest BCUT2D eigenvalue weighted by Crippen LogP contribution is 2.52. The number of furan rings is 1. The van der Waals surface area contributed by atoms with Crippen LogP contribution in [0.25, 0.3) is 0 Å². The smallest absolute Gasteiger partial charge is 0.258 e. The highest BCUT2D eigenvalue weighted by atomic mass is 16.5. The molecule has 7 heteroatoms. The molecule has 2 N–H and O–H groups in total. The molecular weight excluding hydrogens is 372 g/mol. The zero-order valence-corrected chi connectivity index (χ0v) is 16.3. The van der Waals surface area contributed by atoms with Gasteiger partial charge in [-0.1, -0.05) is 0 Å². The average molecular weight is 396 g/mol. The van der Waals surface area contributed by atoms with E-state index in [-0.39, 0.29) is 29.6 Å². The molecule has 2 bridgehead atoms. The Morgan fingerprint density at radius 1 is 1.34 bits per heavy atom. The summed E-state index contributed by atoms with van der Waals surface area (Å²) in [6, 6.07) is 8.91. The van der Waals surface area contributed by atoms with E-state index in [0.717, 1.165) is 18.6 Å². The first kappa shape index (κ1) is 18.1. The number of carbonyl (C=O) groups excluding carboxylic acids is 2. The molecule has 1 spiro atoms. The van der Waals surface area contributed by atoms with Gasteiger partial charge >= 0.3 is 0 Å². The first-order valence-corrected chi connectivity index (χ1v) is 10.1. The Morgan fingerprint density at radius 3 is 2.97 bits per heavy atom. The van der Waals surface area contributed by atoms with Crippen molar-refractivity contribution in [2.45, 2.75) is 38.0 Å². The quantitative estimate of drug-likeness (QED) is 0.830. The predicted octanol–water partition coefficient (Wildman–Crippen LogP) is 2.86. The fourth-order valence-electron chi connectivity index (χ4n) is 5.16. The number of nitrogens with one attached hydrogen (secondary N) is 2. The normalized spacial score (nSPS) is 29.7. The molecule has 29 heavy (non-hydrogen) atoms. The van der Waals surface area contributed by atoms with Gasteiger partial charge < -0.3 is 24.5 Å². The van der Waals surface area contributed by atoms with Crippen LogP contribution in [0.3, 0.4) is 0 Å². The molecule has 1 aromatic carbocycles. The van der Waals surface area contributed by atoms with Crippen LogP contribution in [0, 0.1) is 17.8 Å². The molecule has 3 saturated carbocycles. The number of fused-ring (bicyclic) bond motifs is 3. The second-order valence-electron chi connectivity index (χ2n) is 8.19. The van der Waals surface area contributed by atoms with E-state index in [9.17, 15) is 9.59 Å². The summed E-state index contributed by atoms with van der Waals surface area (Å²) in [5.74, 6) is 2.07. The molecule has 7 nitrogen and oxygen atoms in total. The van der Waals surface area contributed by atoms with Gasteiger partial charge in [0.05, 0.1) is 25.5 Å². The largest absolute Gasteiger partial charge is 0.497 e. The number of methoxy groups -OCH3 is 1. The van der Waals surface area contributed by atoms with Crippen molar-refractivity contribution in [1.29, 1.82) is 0 Å². The molecule has 2 heterocycles. The van der Waals surface area contributed by atoms with Gasteiger partial charge in [-0.25, -0.2) is 0 Å². The summed E-state index contributed by atoms with van der Waals surface area (Å²) in [5, 5.41) is 6.12. The topological polar surface area (TPSA) is 89.8 Å². The molecule has 2 amide bonds. The third kappa shape index (κ3) is 3.05. The van der Waals surface area contributed by atoms with Crippen molar-refractivity contribution in [2.75, 3.05) is 7.11 Å². The second-order valence-corrected chi connectivity index (χ2v) is 8.19. The van der Waals surface area contributed by atoms with Crippen molar-refractivity contribution in [3.63, 3.8) is 0 Å². The molecule has 1 aromatic heterocycles. The zero-order chi connectivity index (χ0) is 20.0. The average Bonchev–Trinajstić information content (AvgIpc) is 3.25. The van der Waals surface area contributed by atoms with Crippen LogP contribution in [-0.2, 0) is 11.3 Å². The summed E-state index contributed by atoms with van der Waals surface area (Å²) in [7, 11) is 1.59. The van der Waals surface area contributed by atoms with Crippen LogP contribution < -0.4 is 20.1 Å². The number of amides is 2. The van der Waals surface area contributed by atoms with Gasteiger partial charge in [-0.05, 0) is 49.4 Å². The molecule has 0 saturated heterocycles. The second kappa shape index (κ2) is 6.83. The Morgan fingerprint density at radius 2 is 2.24 bits per heavy atom. The van der Waals surface area contributed by atoms with Crippen molar-refractivity contribution in [1.82, 2.24) is 10.6 Å². The number of ether oxygens (including phenoxy) is 2. The molecule has 3 fully saturated rings. The lowest BCUT2D eigenvalue weighted by atomic mass is 9.60. The van der Waals surface area contributed by atoms with Crippen LogP contribution in [0.2, 0.25) is 0 Å². The fourth-order valence-corrected chi connectivity index (χ4v) is 5.16. The van der Waals surface area contributed by atoms with E-state index in [0.29, 0.717) is 36.4 Å². The van der Waals surface area contributed by atoms with Gasteiger partial charge in [0.1, 0.15) is 17.3 Å². The summed E-state index contributed by atoms with van der Waals surface area (Å²) in [5.41, 5.74) is -0.220. The predicted molar refractivity (Wildman–Crippen MR) is 103 cm³/mol. The van der Waals surface area contributed by atoms with E-state index in [1.54, 1.807) is 31.6 Å². The van der Waals surface area contributed by atoms with Gasteiger partial charge in [-0.15, -0.1) is 0 Å². The standard InChI is InChI=1S/C22H24N2O5/c1-27-15-6-7-17-19(10-15)29-22(24-21(17)26)11-13-4-5-14(22)9-18(13)20(25)23-12-16-3-2-8-28-16/h2-3,6-8,10,13-14,18H,4-5,9,11-12H2,1H3,(H,23,25)(H,24,26)/t13-,14+,18-,22+/m0/s1. The Hall–Kier alpha value is -2.96. The Bertz CT molecular complexity index is 941. The van der Waals surface area contributed by atoms with Crippen LogP contribution >= 0.6 is 0 Å². The van der Waals surface area contributed by atoms with Crippen molar-refractivity contribution < 1.29 is 23.5 Å². The summed E-state index contributed by atoms with van der Waals surface area (Å²) < 4.78 is 17.0. The van der Waals surface area contributed by atoms with Crippen molar-refractivity contribution in [3.05, 3.63) is 47.9 Å². The third-order valence-electron chi connectivity index (χ3n) is 6.62. The van der Waals surface area contributed by atoms with E-state index >= 15 is 0 Å². The van der Waals surface area contributed by atoms with Crippen LogP contribution in [0.5, 0.6) is 11.5 Å². The van der Waals surface area contributed by atoms with E-state index in [1.165, 1.54) is 0 Å². The van der Waals surface area contributed by atoms with E-state index < -0.39 is 5.72 Å². The molecule has 0 unspecified atom stereocenters. The minimum Gasteiger partial charge on any atom is -0.497 e. The lowest BCUT2D eigenvalue weighted by molar-refractivity contribution is -0.146. The van der Waals surface area contributed by atoms with Gasteiger partial charge in [0.25, 0.3) is 5.91 Å². The molecule has 2 aromatic rings. The Kier molecular flexibility index (Phi) is 4.26. The number of hydrogen-bond acceptors (Lipinski definition) is 5. The van der Waals surface area contributed by atoms with Crippen LogP contribution in [-0.4, -0.2) is 24.6 Å². The molecule has 1 aliphatic heterocycles. The summed E-state index contributed by atoms with van der Waals surface area (Å²) in [4.78, 5) is 25.6. The van der Waals surface area contributed by atoms with Gasteiger partial charge in [0.15, 0.2) is 5.72 Å². The number of rotatable bonds is 4. The maximum Gasteiger partial charge on any atom is 0.258 e. The zero-order valence-electron chi connectivity index (χ0n) is 16.3. The third-order valence-corrected chi connectivity index (χ3v) is 6.62. The first-order valence-electron chi connectivity index (χ1n) is 10.1. The fraction of sp³-hybridized carbons (Fsp3) is 0.455. The maximum atomic E-state index is 12.8. The lowest BCUT2D eigenvalue weighted by Gasteiger charge is -2.55. The number of benzene rings is 1. The minimum absolute atomic E-state index is 0.0511.